The fourth-order valence-electron chi connectivity index (χ4n) is 3.54. The van der Waals surface area contributed by atoms with Crippen LogP contribution in [-0.4, -0.2) is 40.6 Å². The fourth-order valence-corrected chi connectivity index (χ4v) is 3.54. The lowest BCUT2D eigenvalue weighted by atomic mass is 10.1. The number of carbonyl (C=O) groups excluding carboxylic acids is 1. The standard InChI is InChI=1S/C19H23N3O2/c1-13-11-16(13)19(23)21-8-7-18-20-12-17(22(18)10-9-21)14-3-5-15(24-2)6-4-14/h3-6,12-13,16H,7-11H2,1-2H3. The first-order valence-corrected chi connectivity index (χ1v) is 8.65. The van der Waals surface area contributed by atoms with E-state index >= 15 is 0 Å². The van der Waals surface area contributed by atoms with Crippen LogP contribution in [0.15, 0.2) is 30.5 Å². The van der Waals surface area contributed by atoms with Gasteiger partial charge in [0.05, 0.1) is 19.0 Å². The zero-order valence-electron chi connectivity index (χ0n) is 14.2. The van der Waals surface area contributed by atoms with Gasteiger partial charge in [-0.25, -0.2) is 4.98 Å². The number of ether oxygens (including phenoxy) is 1. The zero-order chi connectivity index (χ0) is 16.7. The van der Waals surface area contributed by atoms with Crippen LogP contribution in [0.2, 0.25) is 0 Å². The van der Waals surface area contributed by atoms with Gasteiger partial charge in [-0.15, -0.1) is 0 Å². The van der Waals surface area contributed by atoms with Crippen LogP contribution in [0, 0.1) is 11.8 Å². The number of hydrogen-bond acceptors (Lipinski definition) is 3. The van der Waals surface area contributed by atoms with Gasteiger partial charge >= 0.3 is 0 Å². The third-order valence-electron chi connectivity index (χ3n) is 5.26. The molecule has 1 aromatic heterocycles. The van der Waals surface area contributed by atoms with Crippen molar-refractivity contribution in [1.82, 2.24) is 14.5 Å². The van der Waals surface area contributed by atoms with E-state index in [2.05, 4.69) is 28.6 Å². The van der Waals surface area contributed by atoms with Crippen LogP contribution in [0.4, 0.5) is 0 Å². The Morgan fingerprint density at radius 2 is 1.96 bits per heavy atom. The third-order valence-corrected chi connectivity index (χ3v) is 5.26. The molecule has 0 spiro atoms. The van der Waals surface area contributed by atoms with Gasteiger partial charge < -0.3 is 14.2 Å². The molecule has 1 aromatic carbocycles. The summed E-state index contributed by atoms with van der Waals surface area (Å²) in [6, 6.07) is 8.05. The summed E-state index contributed by atoms with van der Waals surface area (Å²) in [5.41, 5.74) is 2.24. The maximum Gasteiger partial charge on any atom is 0.226 e. The summed E-state index contributed by atoms with van der Waals surface area (Å²) in [6.07, 6.45) is 3.82. The molecule has 0 saturated heterocycles. The van der Waals surface area contributed by atoms with Gasteiger partial charge in [0.2, 0.25) is 5.91 Å². The summed E-state index contributed by atoms with van der Waals surface area (Å²) in [4.78, 5) is 19.1. The van der Waals surface area contributed by atoms with Crippen molar-refractivity contribution in [2.75, 3.05) is 20.2 Å². The number of methoxy groups -OCH3 is 1. The molecule has 0 N–H and O–H groups in total. The van der Waals surface area contributed by atoms with Crippen molar-refractivity contribution in [2.24, 2.45) is 11.8 Å². The van der Waals surface area contributed by atoms with E-state index in [-0.39, 0.29) is 5.92 Å². The lowest BCUT2D eigenvalue weighted by molar-refractivity contribution is -0.132. The Hall–Kier alpha value is -2.30. The van der Waals surface area contributed by atoms with Crippen LogP contribution in [0.5, 0.6) is 5.75 Å². The van der Waals surface area contributed by atoms with Crippen LogP contribution < -0.4 is 4.74 Å². The highest BCUT2D eigenvalue weighted by Gasteiger charge is 2.41. The van der Waals surface area contributed by atoms with Gasteiger partial charge in [-0.1, -0.05) is 6.92 Å². The molecule has 0 radical (unpaired) electrons. The maximum atomic E-state index is 12.5. The normalized spacial score (nSPS) is 22.7. The second kappa shape index (κ2) is 5.96. The fraction of sp³-hybridized carbons (Fsp3) is 0.474. The number of hydrogen-bond donors (Lipinski definition) is 0. The minimum Gasteiger partial charge on any atom is -0.497 e. The van der Waals surface area contributed by atoms with Crippen molar-refractivity contribution in [3.8, 4) is 17.0 Å². The van der Waals surface area contributed by atoms with Gasteiger partial charge in [0.25, 0.3) is 0 Å². The van der Waals surface area contributed by atoms with E-state index in [1.54, 1.807) is 7.11 Å². The van der Waals surface area contributed by atoms with Crippen LogP contribution in [0.3, 0.4) is 0 Å². The van der Waals surface area contributed by atoms with Gasteiger partial charge in [0.15, 0.2) is 0 Å². The Kier molecular flexibility index (Phi) is 3.79. The number of aromatic nitrogens is 2. The molecule has 1 aliphatic heterocycles. The number of imidazole rings is 1. The minimum absolute atomic E-state index is 0.261. The van der Waals surface area contributed by atoms with E-state index in [1.807, 2.05) is 23.2 Å². The summed E-state index contributed by atoms with van der Waals surface area (Å²) in [6.45, 7) is 4.52. The summed E-state index contributed by atoms with van der Waals surface area (Å²) in [5.74, 6) is 3.08. The molecule has 1 aliphatic carbocycles. The van der Waals surface area contributed by atoms with E-state index in [0.29, 0.717) is 11.8 Å². The van der Waals surface area contributed by atoms with Crippen molar-refractivity contribution < 1.29 is 9.53 Å². The maximum absolute atomic E-state index is 12.5. The molecular formula is C19H23N3O2. The Labute approximate surface area is 142 Å². The van der Waals surface area contributed by atoms with E-state index in [0.717, 1.165) is 55.3 Å². The van der Waals surface area contributed by atoms with E-state index in [1.165, 1.54) is 0 Å². The molecule has 5 heteroatoms. The molecule has 126 valence electrons. The average molecular weight is 325 g/mol. The van der Waals surface area contributed by atoms with Crippen molar-refractivity contribution in [2.45, 2.75) is 26.3 Å². The quantitative estimate of drug-likeness (QED) is 0.871. The van der Waals surface area contributed by atoms with Gasteiger partial charge in [0.1, 0.15) is 11.6 Å². The molecule has 1 amide bonds. The summed E-state index contributed by atoms with van der Waals surface area (Å²) in [7, 11) is 1.67. The largest absolute Gasteiger partial charge is 0.497 e. The van der Waals surface area contributed by atoms with Gasteiger partial charge in [-0.2, -0.15) is 0 Å². The second-order valence-corrected chi connectivity index (χ2v) is 6.83. The lowest BCUT2D eigenvalue weighted by Crippen LogP contribution is -2.35. The predicted octanol–water partition coefficient (Wildman–Crippen LogP) is 2.60. The van der Waals surface area contributed by atoms with Crippen LogP contribution in [0.1, 0.15) is 19.2 Å². The highest BCUT2D eigenvalue weighted by atomic mass is 16.5. The summed E-state index contributed by atoms with van der Waals surface area (Å²) < 4.78 is 7.49. The van der Waals surface area contributed by atoms with Crippen molar-refractivity contribution >= 4 is 5.91 Å². The molecule has 5 nitrogen and oxygen atoms in total. The van der Waals surface area contributed by atoms with Gasteiger partial charge in [0, 0.05) is 37.5 Å². The minimum atomic E-state index is 0.261. The highest BCUT2D eigenvalue weighted by molar-refractivity contribution is 5.81. The molecule has 1 fully saturated rings. The zero-order valence-corrected chi connectivity index (χ0v) is 14.2. The SMILES string of the molecule is COc1ccc(-c2cnc3n2CCN(C(=O)C2CC2C)CC3)cc1. The molecule has 2 heterocycles. The summed E-state index contributed by atoms with van der Waals surface area (Å²) >= 11 is 0. The smallest absolute Gasteiger partial charge is 0.226 e. The Morgan fingerprint density at radius 1 is 1.21 bits per heavy atom. The number of carbonyl (C=O) groups is 1. The van der Waals surface area contributed by atoms with E-state index in [4.69, 9.17) is 4.74 Å². The number of benzene rings is 1. The van der Waals surface area contributed by atoms with E-state index < -0.39 is 0 Å². The van der Waals surface area contributed by atoms with E-state index in [9.17, 15) is 4.79 Å². The molecule has 24 heavy (non-hydrogen) atoms. The van der Waals surface area contributed by atoms with Crippen molar-refractivity contribution in [1.29, 1.82) is 0 Å². The Morgan fingerprint density at radius 3 is 2.62 bits per heavy atom. The Bertz CT molecular complexity index is 750. The molecule has 4 rings (SSSR count). The van der Waals surface area contributed by atoms with Gasteiger partial charge in [-0.3, -0.25) is 4.79 Å². The number of amides is 1. The number of rotatable bonds is 3. The molecular weight excluding hydrogens is 302 g/mol. The monoisotopic (exact) mass is 325 g/mol. The summed E-state index contributed by atoms with van der Waals surface area (Å²) in [5, 5.41) is 0. The molecule has 1 saturated carbocycles. The number of nitrogens with zero attached hydrogens (tertiary/aromatic N) is 3. The molecule has 2 atom stereocenters. The Balaban J connectivity index is 1.54. The van der Waals surface area contributed by atoms with Crippen LogP contribution in [0.25, 0.3) is 11.3 Å². The van der Waals surface area contributed by atoms with Gasteiger partial charge in [-0.05, 0) is 36.6 Å². The van der Waals surface area contributed by atoms with Crippen LogP contribution in [-0.2, 0) is 17.8 Å². The molecule has 2 aliphatic rings. The lowest BCUT2D eigenvalue weighted by Gasteiger charge is -2.20. The third kappa shape index (κ3) is 2.68. The first kappa shape index (κ1) is 15.2. The highest BCUT2D eigenvalue weighted by Crippen LogP contribution is 2.39. The first-order valence-electron chi connectivity index (χ1n) is 8.65. The molecule has 2 aromatic rings. The average Bonchev–Trinajstić information content (AvgIpc) is 3.27. The number of fused-ring (bicyclic) bond motifs is 1. The van der Waals surface area contributed by atoms with Crippen LogP contribution >= 0.6 is 0 Å². The first-order chi connectivity index (χ1) is 11.7. The predicted molar refractivity (Wildman–Crippen MR) is 91.8 cm³/mol. The molecule has 2 unspecified atom stereocenters. The van der Waals surface area contributed by atoms with Crippen molar-refractivity contribution in [3.05, 3.63) is 36.3 Å². The topological polar surface area (TPSA) is 47.4 Å². The van der Waals surface area contributed by atoms with Crippen molar-refractivity contribution in [3.63, 3.8) is 0 Å². The molecule has 0 bridgehead atoms. The second-order valence-electron chi connectivity index (χ2n) is 6.83.